The number of pyridine rings is 1. The lowest BCUT2D eigenvalue weighted by Crippen LogP contribution is -2.33. The van der Waals surface area contributed by atoms with E-state index in [9.17, 15) is 13.2 Å². The van der Waals surface area contributed by atoms with E-state index in [0.717, 1.165) is 6.42 Å². The van der Waals surface area contributed by atoms with Crippen LogP contribution in [0.5, 0.6) is 11.5 Å². The molecule has 0 spiro atoms. The Kier molecular flexibility index (Phi) is 5.48. The Morgan fingerprint density at radius 2 is 2.00 bits per heavy atom. The van der Waals surface area contributed by atoms with Crippen LogP contribution in [0, 0.1) is 0 Å². The number of rotatable bonds is 6. The van der Waals surface area contributed by atoms with Gasteiger partial charge in [-0.2, -0.15) is 0 Å². The monoisotopic (exact) mass is 389 g/mol. The van der Waals surface area contributed by atoms with E-state index in [2.05, 4.69) is 9.71 Å². The molecule has 0 saturated carbocycles. The summed E-state index contributed by atoms with van der Waals surface area (Å²) in [5.41, 5.74) is 0.202. The summed E-state index contributed by atoms with van der Waals surface area (Å²) in [5, 5.41) is 0. The van der Waals surface area contributed by atoms with Gasteiger partial charge in [-0.05, 0) is 50.1 Å². The zero-order valence-electron chi connectivity index (χ0n) is 15.6. The number of sulfonamides is 1. The molecule has 1 aliphatic rings. The topological polar surface area (TPSA) is 88.6 Å². The molecule has 2 aromatic rings. The minimum Gasteiger partial charge on any atom is -0.453 e. The summed E-state index contributed by atoms with van der Waals surface area (Å²) in [4.78, 5) is 19.0. The summed E-state index contributed by atoms with van der Waals surface area (Å²) >= 11 is 0. The maximum atomic E-state index is 13.1. The molecule has 1 aromatic heterocycles. The fourth-order valence-corrected chi connectivity index (χ4v) is 4.16. The Balaban J connectivity index is 2.08. The molecule has 2 heterocycles. The number of amides is 1. The van der Waals surface area contributed by atoms with E-state index >= 15 is 0 Å². The minimum absolute atomic E-state index is 0.0360. The highest BCUT2D eigenvalue weighted by atomic mass is 32.2. The second-order valence-electron chi connectivity index (χ2n) is 6.47. The van der Waals surface area contributed by atoms with E-state index in [1.165, 1.54) is 23.1 Å². The van der Waals surface area contributed by atoms with Gasteiger partial charge in [-0.1, -0.05) is 13.8 Å². The van der Waals surface area contributed by atoms with Crippen LogP contribution in [-0.2, 0) is 10.0 Å². The standard InChI is InChI=1S/C19H23N3O4S/c1-4-11-22-18-17(7-6-10-20-18)26-16-9-8-14(12-15(16)19(22)23)27(24,25)21-13(3)5-2/h6-10,12-13,21H,4-5,11H2,1-3H3. The summed E-state index contributed by atoms with van der Waals surface area (Å²) in [7, 11) is -3.73. The van der Waals surface area contributed by atoms with E-state index in [-0.39, 0.29) is 22.4 Å². The number of ether oxygens (including phenoxy) is 1. The molecular formula is C19H23N3O4S. The molecule has 7 nitrogen and oxygen atoms in total. The summed E-state index contributed by atoms with van der Waals surface area (Å²) in [6, 6.07) is 7.60. The molecule has 1 aliphatic heterocycles. The molecule has 1 amide bonds. The van der Waals surface area contributed by atoms with Crippen molar-refractivity contribution in [1.82, 2.24) is 9.71 Å². The second-order valence-corrected chi connectivity index (χ2v) is 8.19. The molecule has 8 heteroatoms. The van der Waals surface area contributed by atoms with Crippen LogP contribution in [0.1, 0.15) is 44.0 Å². The van der Waals surface area contributed by atoms with Crippen LogP contribution in [0.3, 0.4) is 0 Å². The van der Waals surface area contributed by atoms with Crippen LogP contribution in [0.2, 0.25) is 0 Å². The number of benzene rings is 1. The Hall–Kier alpha value is -2.45. The Bertz CT molecular complexity index is 959. The third kappa shape index (κ3) is 3.81. The summed E-state index contributed by atoms with van der Waals surface area (Å²) in [5.74, 6) is 0.884. The van der Waals surface area contributed by atoms with Crippen LogP contribution in [0.15, 0.2) is 41.4 Å². The Morgan fingerprint density at radius 3 is 2.70 bits per heavy atom. The van der Waals surface area contributed by atoms with Crippen molar-refractivity contribution in [1.29, 1.82) is 0 Å². The zero-order chi connectivity index (χ0) is 19.6. The number of carbonyl (C=O) groups excluding carboxylic acids is 1. The SMILES string of the molecule is CCCN1C(=O)c2cc(S(=O)(=O)NC(C)CC)ccc2Oc2cccnc21. The summed E-state index contributed by atoms with van der Waals surface area (Å²) < 4.78 is 33.7. The molecule has 0 bridgehead atoms. The van der Waals surface area contributed by atoms with Gasteiger partial charge in [0.05, 0.1) is 10.5 Å². The highest BCUT2D eigenvalue weighted by Crippen LogP contribution is 2.38. The lowest BCUT2D eigenvalue weighted by molar-refractivity contribution is 0.0986. The largest absolute Gasteiger partial charge is 0.453 e. The highest BCUT2D eigenvalue weighted by Gasteiger charge is 2.30. The predicted octanol–water partition coefficient (Wildman–Crippen LogP) is 3.32. The maximum absolute atomic E-state index is 13.1. The molecule has 1 atom stereocenters. The van der Waals surface area contributed by atoms with Crippen molar-refractivity contribution in [3.05, 3.63) is 42.1 Å². The van der Waals surface area contributed by atoms with Crippen molar-refractivity contribution in [2.45, 2.75) is 44.6 Å². The minimum atomic E-state index is -3.73. The van der Waals surface area contributed by atoms with E-state index in [1.54, 1.807) is 25.3 Å². The van der Waals surface area contributed by atoms with Gasteiger partial charge in [0.2, 0.25) is 10.0 Å². The average Bonchev–Trinajstić information content (AvgIpc) is 2.76. The van der Waals surface area contributed by atoms with Crippen molar-refractivity contribution in [2.24, 2.45) is 0 Å². The van der Waals surface area contributed by atoms with Gasteiger partial charge in [0.1, 0.15) is 5.75 Å². The predicted molar refractivity (Wildman–Crippen MR) is 103 cm³/mol. The van der Waals surface area contributed by atoms with E-state index < -0.39 is 10.0 Å². The average molecular weight is 389 g/mol. The van der Waals surface area contributed by atoms with Crippen LogP contribution >= 0.6 is 0 Å². The highest BCUT2D eigenvalue weighted by molar-refractivity contribution is 7.89. The van der Waals surface area contributed by atoms with Crippen molar-refractivity contribution in [2.75, 3.05) is 11.4 Å². The third-order valence-corrected chi connectivity index (χ3v) is 5.97. The molecular weight excluding hydrogens is 366 g/mol. The smallest absolute Gasteiger partial charge is 0.263 e. The zero-order valence-corrected chi connectivity index (χ0v) is 16.4. The van der Waals surface area contributed by atoms with Gasteiger partial charge in [-0.25, -0.2) is 18.1 Å². The molecule has 0 saturated heterocycles. The van der Waals surface area contributed by atoms with Gasteiger partial charge in [0.15, 0.2) is 11.6 Å². The fourth-order valence-electron chi connectivity index (χ4n) is 2.80. The van der Waals surface area contributed by atoms with Crippen LogP contribution in [0.25, 0.3) is 0 Å². The molecule has 144 valence electrons. The lowest BCUT2D eigenvalue weighted by atomic mass is 10.1. The lowest BCUT2D eigenvalue weighted by Gasteiger charge is -2.20. The fraction of sp³-hybridized carbons (Fsp3) is 0.368. The first-order chi connectivity index (χ1) is 12.9. The quantitative estimate of drug-likeness (QED) is 0.819. The summed E-state index contributed by atoms with van der Waals surface area (Å²) in [6.07, 6.45) is 2.99. The van der Waals surface area contributed by atoms with Gasteiger partial charge >= 0.3 is 0 Å². The van der Waals surface area contributed by atoms with Gasteiger partial charge in [0, 0.05) is 18.8 Å². The Morgan fingerprint density at radius 1 is 1.22 bits per heavy atom. The normalized spacial score (nSPS) is 14.8. The van der Waals surface area contributed by atoms with Crippen LogP contribution in [0.4, 0.5) is 5.82 Å². The van der Waals surface area contributed by atoms with Crippen LogP contribution < -0.4 is 14.4 Å². The van der Waals surface area contributed by atoms with Crippen molar-refractivity contribution < 1.29 is 17.9 Å². The number of fused-ring (bicyclic) bond motifs is 2. The third-order valence-electron chi connectivity index (χ3n) is 4.38. The molecule has 1 N–H and O–H groups in total. The van der Waals surface area contributed by atoms with Crippen LogP contribution in [-0.4, -0.2) is 31.9 Å². The molecule has 3 rings (SSSR count). The van der Waals surface area contributed by atoms with Gasteiger partial charge < -0.3 is 4.74 Å². The maximum Gasteiger partial charge on any atom is 0.263 e. The Labute approximate surface area is 159 Å². The number of aromatic nitrogens is 1. The second kappa shape index (κ2) is 7.66. The molecule has 0 fully saturated rings. The van der Waals surface area contributed by atoms with Gasteiger partial charge in [0.25, 0.3) is 5.91 Å². The van der Waals surface area contributed by atoms with Crippen molar-refractivity contribution in [3.8, 4) is 11.5 Å². The number of anilines is 1. The molecule has 0 aliphatic carbocycles. The first kappa shape index (κ1) is 19.3. The molecule has 1 aromatic carbocycles. The number of nitrogens with zero attached hydrogens (tertiary/aromatic N) is 2. The van der Waals surface area contributed by atoms with Gasteiger partial charge in [-0.15, -0.1) is 0 Å². The molecule has 27 heavy (non-hydrogen) atoms. The van der Waals surface area contributed by atoms with Crippen molar-refractivity contribution >= 4 is 21.7 Å². The number of hydrogen-bond donors (Lipinski definition) is 1. The molecule has 0 radical (unpaired) electrons. The van der Waals surface area contributed by atoms with E-state index in [1.807, 2.05) is 13.8 Å². The number of carbonyl (C=O) groups is 1. The molecule has 1 unspecified atom stereocenters. The first-order valence-corrected chi connectivity index (χ1v) is 10.5. The summed E-state index contributed by atoms with van der Waals surface area (Å²) in [6.45, 7) is 6.10. The van der Waals surface area contributed by atoms with Gasteiger partial charge in [-0.3, -0.25) is 9.69 Å². The first-order valence-electron chi connectivity index (χ1n) is 8.98. The van der Waals surface area contributed by atoms with Crippen molar-refractivity contribution in [3.63, 3.8) is 0 Å². The van der Waals surface area contributed by atoms with E-state index in [0.29, 0.717) is 30.3 Å². The number of hydrogen-bond acceptors (Lipinski definition) is 5. The number of nitrogens with one attached hydrogen (secondary N) is 1. The van der Waals surface area contributed by atoms with E-state index in [4.69, 9.17) is 4.74 Å².